The number of nitrogens with zero attached hydrogens (tertiary/aromatic N) is 1. The molecule has 0 amide bonds. The van der Waals surface area contributed by atoms with Crippen LogP contribution >= 0.6 is 0 Å². The number of para-hydroxylation sites is 2. The Morgan fingerprint density at radius 2 is 1.93 bits per heavy atom. The van der Waals surface area contributed by atoms with Gasteiger partial charge < -0.3 is 10.5 Å². The predicted octanol–water partition coefficient (Wildman–Crippen LogP) is 2.76. The first-order valence-electron chi connectivity index (χ1n) is 4.70. The monoisotopic (exact) mass is 200 g/mol. The number of nitrogens with two attached hydrogens (primary N) is 1. The minimum Gasteiger partial charge on any atom is -0.455 e. The van der Waals surface area contributed by atoms with Crippen LogP contribution in [-0.2, 0) is 0 Å². The molecule has 15 heavy (non-hydrogen) atoms. The van der Waals surface area contributed by atoms with Crippen LogP contribution in [0.1, 0.15) is 5.56 Å². The molecule has 2 N–H and O–H groups in total. The van der Waals surface area contributed by atoms with Crippen molar-refractivity contribution in [2.75, 3.05) is 5.73 Å². The predicted molar refractivity (Wildman–Crippen MR) is 59.9 cm³/mol. The third-order valence-corrected chi connectivity index (χ3v) is 2.11. The Hall–Kier alpha value is -2.03. The van der Waals surface area contributed by atoms with Gasteiger partial charge in [0.25, 0.3) is 0 Å². The van der Waals surface area contributed by atoms with Crippen LogP contribution in [0.5, 0.6) is 11.5 Å². The van der Waals surface area contributed by atoms with Gasteiger partial charge in [0.1, 0.15) is 11.5 Å². The van der Waals surface area contributed by atoms with Crippen molar-refractivity contribution < 1.29 is 4.74 Å². The summed E-state index contributed by atoms with van der Waals surface area (Å²) in [6, 6.07) is 9.24. The largest absolute Gasteiger partial charge is 0.455 e. The molecular formula is C12H12N2O. The molecule has 0 fully saturated rings. The van der Waals surface area contributed by atoms with E-state index in [4.69, 9.17) is 10.5 Å². The number of rotatable bonds is 2. The lowest BCUT2D eigenvalue weighted by Crippen LogP contribution is -1.93. The number of anilines is 1. The number of ether oxygens (including phenoxy) is 1. The lowest BCUT2D eigenvalue weighted by Gasteiger charge is -2.09. The summed E-state index contributed by atoms with van der Waals surface area (Å²) in [6.07, 6.45) is 3.45. The Labute approximate surface area is 88.5 Å². The Morgan fingerprint density at radius 3 is 2.67 bits per heavy atom. The third-order valence-electron chi connectivity index (χ3n) is 2.11. The first-order chi connectivity index (χ1) is 7.27. The van der Waals surface area contributed by atoms with E-state index >= 15 is 0 Å². The van der Waals surface area contributed by atoms with Gasteiger partial charge >= 0.3 is 0 Å². The van der Waals surface area contributed by atoms with Gasteiger partial charge in [0, 0.05) is 18.0 Å². The lowest BCUT2D eigenvalue weighted by molar-refractivity contribution is 0.480. The van der Waals surface area contributed by atoms with Crippen molar-refractivity contribution in [1.29, 1.82) is 0 Å². The maximum absolute atomic E-state index is 5.78. The van der Waals surface area contributed by atoms with Crippen LogP contribution in [0, 0.1) is 6.92 Å². The molecule has 0 aliphatic heterocycles. The highest BCUT2D eigenvalue weighted by Crippen LogP contribution is 2.28. The molecule has 1 aromatic heterocycles. The van der Waals surface area contributed by atoms with E-state index in [1.54, 1.807) is 12.4 Å². The van der Waals surface area contributed by atoms with Gasteiger partial charge in [0.05, 0.1) is 5.69 Å². The molecular weight excluding hydrogens is 188 g/mol. The van der Waals surface area contributed by atoms with Gasteiger partial charge in [0.15, 0.2) is 0 Å². The number of nitrogen functional groups attached to an aromatic ring is 1. The van der Waals surface area contributed by atoms with Crippen molar-refractivity contribution >= 4 is 5.69 Å². The van der Waals surface area contributed by atoms with Crippen molar-refractivity contribution in [1.82, 2.24) is 4.98 Å². The second-order valence-electron chi connectivity index (χ2n) is 3.28. The Bertz CT molecular complexity index is 425. The van der Waals surface area contributed by atoms with Crippen molar-refractivity contribution in [2.24, 2.45) is 0 Å². The normalized spacial score (nSPS) is 9.93. The van der Waals surface area contributed by atoms with Gasteiger partial charge in [-0.3, -0.25) is 4.98 Å². The molecule has 3 heteroatoms. The van der Waals surface area contributed by atoms with Crippen LogP contribution in [-0.4, -0.2) is 4.98 Å². The first-order valence-corrected chi connectivity index (χ1v) is 4.70. The van der Waals surface area contributed by atoms with Gasteiger partial charge in [0.2, 0.25) is 0 Å². The summed E-state index contributed by atoms with van der Waals surface area (Å²) in [6.45, 7) is 1.95. The molecule has 3 nitrogen and oxygen atoms in total. The Balaban J connectivity index is 2.30. The number of aryl methyl sites for hydroxylation is 1. The molecule has 2 aromatic rings. The van der Waals surface area contributed by atoms with E-state index in [9.17, 15) is 0 Å². The summed E-state index contributed by atoms with van der Waals surface area (Å²) in [5.74, 6) is 1.45. The number of hydrogen-bond donors (Lipinski definition) is 1. The maximum atomic E-state index is 5.78. The van der Waals surface area contributed by atoms with Crippen molar-refractivity contribution in [3.8, 4) is 11.5 Å². The quantitative estimate of drug-likeness (QED) is 0.758. The number of hydrogen-bond acceptors (Lipinski definition) is 3. The van der Waals surface area contributed by atoms with Crippen LogP contribution < -0.4 is 10.5 Å². The Morgan fingerprint density at radius 1 is 1.13 bits per heavy atom. The van der Waals surface area contributed by atoms with Gasteiger partial charge in [-0.25, -0.2) is 0 Å². The highest BCUT2D eigenvalue weighted by molar-refractivity contribution is 5.53. The topological polar surface area (TPSA) is 48.1 Å². The summed E-state index contributed by atoms with van der Waals surface area (Å²) in [5, 5.41) is 0. The maximum Gasteiger partial charge on any atom is 0.150 e. The van der Waals surface area contributed by atoms with Gasteiger partial charge in [-0.15, -0.1) is 0 Å². The zero-order valence-electron chi connectivity index (χ0n) is 8.47. The second kappa shape index (κ2) is 4.00. The van der Waals surface area contributed by atoms with Crippen LogP contribution in [0.25, 0.3) is 0 Å². The fraction of sp³-hybridized carbons (Fsp3) is 0.0833. The summed E-state index contributed by atoms with van der Waals surface area (Å²) in [7, 11) is 0. The molecule has 0 spiro atoms. The summed E-state index contributed by atoms with van der Waals surface area (Å²) >= 11 is 0. The highest BCUT2D eigenvalue weighted by Gasteiger charge is 2.02. The molecule has 0 aliphatic rings. The van der Waals surface area contributed by atoms with Crippen molar-refractivity contribution in [2.45, 2.75) is 6.92 Å². The standard InChI is InChI=1S/C12H12N2O/c1-9-8-14-7-6-11(9)15-12-5-3-2-4-10(12)13/h2-8H,13H2,1H3. The number of aromatic nitrogens is 1. The molecule has 0 atom stereocenters. The van der Waals surface area contributed by atoms with E-state index in [-0.39, 0.29) is 0 Å². The number of pyridine rings is 1. The molecule has 0 saturated carbocycles. The summed E-state index contributed by atoms with van der Waals surface area (Å²) in [5.41, 5.74) is 7.40. The molecule has 0 unspecified atom stereocenters. The summed E-state index contributed by atoms with van der Waals surface area (Å²) in [4.78, 5) is 4.00. The zero-order chi connectivity index (χ0) is 10.7. The molecule has 2 rings (SSSR count). The van der Waals surface area contributed by atoms with Crippen LogP contribution in [0.3, 0.4) is 0 Å². The lowest BCUT2D eigenvalue weighted by atomic mass is 10.2. The van der Waals surface area contributed by atoms with Crippen molar-refractivity contribution in [3.05, 3.63) is 48.3 Å². The molecule has 0 saturated heterocycles. The minimum absolute atomic E-state index is 0.633. The second-order valence-corrected chi connectivity index (χ2v) is 3.28. The SMILES string of the molecule is Cc1cnccc1Oc1ccccc1N. The van der Waals surface area contributed by atoms with Crippen LogP contribution in [0.15, 0.2) is 42.7 Å². The number of benzene rings is 1. The first kappa shape index (κ1) is 9.52. The van der Waals surface area contributed by atoms with Gasteiger partial charge in [-0.05, 0) is 25.1 Å². The zero-order valence-corrected chi connectivity index (χ0v) is 8.47. The molecule has 1 heterocycles. The van der Waals surface area contributed by atoms with E-state index in [1.807, 2.05) is 37.3 Å². The minimum atomic E-state index is 0.633. The molecule has 0 aliphatic carbocycles. The molecule has 1 aromatic carbocycles. The van der Waals surface area contributed by atoms with E-state index in [1.165, 1.54) is 0 Å². The van der Waals surface area contributed by atoms with Crippen molar-refractivity contribution in [3.63, 3.8) is 0 Å². The molecule has 76 valence electrons. The van der Waals surface area contributed by atoms with E-state index in [0.29, 0.717) is 11.4 Å². The van der Waals surface area contributed by atoms with Crippen LogP contribution in [0.2, 0.25) is 0 Å². The smallest absolute Gasteiger partial charge is 0.150 e. The fourth-order valence-electron chi connectivity index (χ4n) is 1.27. The van der Waals surface area contributed by atoms with E-state index < -0.39 is 0 Å². The average molecular weight is 200 g/mol. The van der Waals surface area contributed by atoms with E-state index in [2.05, 4.69) is 4.98 Å². The molecule has 0 bridgehead atoms. The Kier molecular flexibility index (Phi) is 2.54. The third kappa shape index (κ3) is 2.07. The van der Waals surface area contributed by atoms with Gasteiger partial charge in [-0.1, -0.05) is 12.1 Å². The van der Waals surface area contributed by atoms with E-state index in [0.717, 1.165) is 11.3 Å². The molecule has 0 radical (unpaired) electrons. The fourth-order valence-corrected chi connectivity index (χ4v) is 1.27. The van der Waals surface area contributed by atoms with Gasteiger partial charge in [-0.2, -0.15) is 0 Å². The summed E-state index contributed by atoms with van der Waals surface area (Å²) < 4.78 is 5.67. The highest BCUT2D eigenvalue weighted by atomic mass is 16.5. The van der Waals surface area contributed by atoms with Crippen LogP contribution in [0.4, 0.5) is 5.69 Å². The average Bonchev–Trinajstić information content (AvgIpc) is 2.24.